The molecule has 0 aliphatic heterocycles. The van der Waals surface area contributed by atoms with Crippen LogP contribution in [0.1, 0.15) is 11.3 Å². The molecule has 27 heavy (non-hydrogen) atoms. The summed E-state index contributed by atoms with van der Waals surface area (Å²) in [5.41, 5.74) is 6.61. The molecule has 1 aromatic carbocycles. The van der Waals surface area contributed by atoms with E-state index in [0.717, 1.165) is 9.90 Å². The number of thiazole rings is 1. The average Bonchev–Trinajstić information content (AvgIpc) is 2.97. The summed E-state index contributed by atoms with van der Waals surface area (Å²) < 4.78 is 16.7. The minimum atomic E-state index is -0.402. The molecule has 1 aromatic heterocycles. The molecule has 0 spiro atoms. The maximum atomic E-state index is 12.4. The highest BCUT2D eigenvalue weighted by Crippen LogP contribution is 2.38. The molecule has 0 fully saturated rings. The van der Waals surface area contributed by atoms with Crippen LogP contribution in [-0.2, 0) is 16.0 Å². The first-order valence-electron chi connectivity index (χ1n) is 7.85. The quantitative estimate of drug-likeness (QED) is 0.608. The van der Waals surface area contributed by atoms with Crippen molar-refractivity contribution in [3.63, 3.8) is 0 Å². The number of primary amides is 1. The molecule has 0 saturated carbocycles. The van der Waals surface area contributed by atoms with E-state index >= 15 is 0 Å². The van der Waals surface area contributed by atoms with Crippen molar-refractivity contribution in [1.82, 2.24) is 4.98 Å². The molecule has 146 valence electrons. The third kappa shape index (κ3) is 5.51. The van der Waals surface area contributed by atoms with Crippen molar-refractivity contribution in [3.8, 4) is 17.2 Å². The summed E-state index contributed by atoms with van der Waals surface area (Å²) in [6.07, 6.45) is 0.110. The number of nitrogens with two attached hydrogens (primary N) is 1. The fourth-order valence-corrected chi connectivity index (χ4v) is 4.19. The van der Waals surface area contributed by atoms with Crippen molar-refractivity contribution in [2.24, 2.45) is 5.73 Å². The molecule has 0 aliphatic carbocycles. The molecular weight excluding hydrogens is 390 g/mol. The number of hydrogen-bond acceptors (Lipinski definition) is 8. The van der Waals surface area contributed by atoms with Crippen molar-refractivity contribution in [2.45, 2.75) is 17.6 Å². The minimum Gasteiger partial charge on any atom is -0.493 e. The molecular formula is C17H21N3O5S2. The van der Waals surface area contributed by atoms with Crippen molar-refractivity contribution in [1.29, 1.82) is 0 Å². The molecule has 0 saturated heterocycles. The van der Waals surface area contributed by atoms with Gasteiger partial charge < -0.3 is 25.3 Å². The molecule has 0 aliphatic rings. The monoisotopic (exact) mass is 411 g/mol. The Balaban J connectivity index is 2.10. The molecule has 2 aromatic rings. The van der Waals surface area contributed by atoms with Gasteiger partial charge in [-0.15, -0.1) is 11.8 Å². The highest BCUT2D eigenvalue weighted by atomic mass is 32.2. The van der Waals surface area contributed by atoms with Gasteiger partial charge in [0.25, 0.3) is 0 Å². The Kier molecular flexibility index (Phi) is 7.31. The van der Waals surface area contributed by atoms with Gasteiger partial charge in [-0.3, -0.25) is 9.59 Å². The van der Waals surface area contributed by atoms with E-state index in [-0.39, 0.29) is 18.1 Å². The number of aromatic nitrogens is 1. The molecule has 2 amide bonds. The van der Waals surface area contributed by atoms with Crippen molar-refractivity contribution >= 4 is 40.0 Å². The van der Waals surface area contributed by atoms with Crippen LogP contribution in [0, 0.1) is 6.92 Å². The zero-order chi connectivity index (χ0) is 20.0. The zero-order valence-corrected chi connectivity index (χ0v) is 17.1. The largest absolute Gasteiger partial charge is 0.493 e. The van der Waals surface area contributed by atoms with Gasteiger partial charge in [-0.2, -0.15) is 0 Å². The smallest absolute Gasteiger partial charge is 0.230 e. The number of amides is 2. The van der Waals surface area contributed by atoms with E-state index in [1.54, 1.807) is 12.1 Å². The van der Waals surface area contributed by atoms with Crippen molar-refractivity contribution in [3.05, 3.63) is 23.4 Å². The van der Waals surface area contributed by atoms with Crippen LogP contribution in [-0.4, -0.2) is 43.9 Å². The second-order valence-electron chi connectivity index (χ2n) is 5.41. The van der Waals surface area contributed by atoms with Crippen molar-refractivity contribution in [2.75, 3.05) is 32.4 Å². The zero-order valence-electron chi connectivity index (χ0n) is 15.5. The molecule has 10 heteroatoms. The summed E-state index contributed by atoms with van der Waals surface area (Å²) >= 11 is 2.61. The number of ether oxygens (including phenoxy) is 3. The van der Waals surface area contributed by atoms with E-state index in [1.165, 1.54) is 44.4 Å². The van der Waals surface area contributed by atoms with Gasteiger partial charge in [-0.1, -0.05) is 11.3 Å². The van der Waals surface area contributed by atoms with E-state index in [4.69, 9.17) is 19.9 Å². The fourth-order valence-electron chi connectivity index (χ4n) is 2.29. The Bertz CT molecular complexity index is 813. The number of hydrogen-bond donors (Lipinski definition) is 2. The van der Waals surface area contributed by atoms with Crippen LogP contribution in [0.4, 0.5) is 5.13 Å². The highest BCUT2D eigenvalue weighted by Gasteiger charge is 2.16. The number of nitrogens with one attached hydrogen (secondary N) is 1. The van der Waals surface area contributed by atoms with E-state index in [1.807, 2.05) is 6.92 Å². The summed E-state index contributed by atoms with van der Waals surface area (Å²) in [6, 6.07) is 3.45. The highest BCUT2D eigenvalue weighted by molar-refractivity contribution is 8.01. The maximum absolute atomic E-state index is 12.4. The summed E-state index contributed by atoms with van der Waals surface area (Å²) in [7, 11) is 4.56. The maximum Gasteiger partial charge on any atom is 0.230 e. The van der Waals surface area contributed by atoms with Crippen LogP contribution in [0.5, 0.6) is 17.2 Å². The van der Waals surface area contributed by atoms with Gasteiger partial charge in [0, 0.05) is 0 Å². The number of carbonyl (C=O) groups excluding carboxylic acids is 2. The fraction of sp³-hybridized carbons (Fsp3) is 0.353. The van der Waals surface area contributed by atoms with Gasteiger partial charge in [0.15, 0.2) is 16.6 Å². The van der Waals surface area contributed by atoms with Gasteiger partial charge in [-0.05, 0) is 24.6 Å². The minimum absolute atomic E-state index is 0.110. The summed E-state index contributed by atoms with van der Waals surface area (Å²) in [5, 5.41) is 3.24. The van der Waals surface area contributed by atoms with Crippen LogP contribution >= 0.6 is 23.1 Å². The number of anilines is 1. The van der Waals surface area contributed by atoms with E-state index in [2.05, 4.69) is 10.3 Å². The number of benzene rings is 1. The predicted molar refractivity (Wildman–Crippen MR) is 105 cm³/mol. The van der Waals surface area contributed by atoms with Crippen molar-refractivity contribution < 1.29 is 23.8 Å². The number of nitrogens with zero attached hydrogens (tertiary/aromatic N) is 1. The van der Waals surface area contributed by atoms with E-state index in [9.17, 15) is 9.59 Å². The first-order valence-corrected chi connectivity index (χ1v) is 9.65. The first-order chi connectivity index (χ1) is 12.9. The van der Waals surface area contributed by atoms with Crippen LogP contribution in [0.15, 0.2) is 16.3 Å². The lowest BCUT2D eigenvalue weighted by Gasteiger charge is -2.13. The number of carbonyl (C=O) groups is 2. The normalized spacial score (nSPS) is 10.4. The van der Waals surface area contributed by atoms with Crippen LogP contribution in [0.25, 0.3) is 0 Å². The van der Waals surface area contributed by atoms with E-state index < -0.39 is 5.91 Å². The number of methoxy groups -OCH3 is 3. The topological polar surface area (TPSA) is 113 Å². The lowest BCUT2D eigenvalue weighted by atomic mass is 10.1. The standard InChI is InChI=1S/C17H21N3O5S2/c1-9-16(26-8-13(18)21)27-17(19-9)20-14(22)7-10-5-11(23-2)15(25-4)12(6-10)24-3/h5-6H,7-8H2,1-4H3,(H2,18,21)(H,19,20,22). The number of rotatable bonds is 9. The lowest BCUT2D eigenvalue weighted by Crippen LogP contribution is -2.14. The summed E-state index contributed by atoms with van der Waals surface area (Å²) in [4.78, 5) is 27.6. The lowest BCUT2D eigenvalue weighted by molar-refractivity contribution is -0.116. The average molecular weight is 412 g/mol. The molecule has 0 atom stereocenters. The summed E-state index contributed by atoms with van der Waals surface area (Å²) in [5.74, 6) is 0.966. The summed E-state index contributed by atoms with van der Waals surface area (Å²) in [6.45, 7) is 1.81. The Labute approximate surface area is 165 Å². The van der Waals surface area contributed by atoms with Crippen LogP contribution < -0.4 is 25.3 Å². The Morgan fingerprint density at radius 2 is 1.81 bits per heavy atom. The van der Waals surface area contributed by atoms with Gasteiger partial charge in [-0.25, -0.2) is 4.98 Å². The molecule has 0 bridgehead atoms. The third-order valence-electron chi connectivity index (χ3n) is 3.44. The second kappa shape index (κ2) is 9.47. The van der Waals surface area contributed by atoms with Gasteiger partial charge in [0.2, 0.25) is 17.6 Å². The van der Waals surface area contributed by atoms with Crippen LogP contribution in [0.3, 0.4) is 0 Å². The SMILES string of the molecule is COc1cc(CC(=O)Nc2nc(C)c(SCC(N)=O)s2)cc(OC)c1OC. The van der Waals surface area contributed by atoms with Gasteiger partial charge >= 0.3 is 0 Å². The Morgan fingerprint density at radius 3 is 2.33 bits per heavy atom. The van der Waals surface area contributed by atoms with Gasteiger partial charge in [0.1, 0.15) is 0 Å². The third-order valence-corrected chi connectivity index (χ3v) is 5.89. The number of thioether (sulfide) groups is 1. The Hall–Kier alpha value is -2.46. The molecule has 3 N–H and O–H groups in total. The second-order valence-corrected chi connectivity index (χ2v) is 7.65. The Morgan fingerprint density at radius 1 is 1.19 bits per heavy atom. The molecule has 1 heterocycles. The van der Waals surface area contributed by atoms with Crippen LogP contribution in [0.2, 0.25) is 0 Å². The number of aryl methyl sites for hydroxylation is 1. The van der Waals surface area contributed by atoms with Gasteiger partial charge in [0.05, 0.1) is 43.4 Å². The molecule has 8 nitrogen and oxygen atoms in total. The predicted octanol–water partition coefficient (Wildman–Crippen LogP) is 2.24. The first kappa shape index (κ1) is 20.8. The van der Waals surface area contributed by atoms with E-state index in [0.29, 0.717) is 27.9 Å². The molecule has 0 unspecified atom stereocenters. The molecule has 2 rings (SSSR count). The molecule has 0 radical (unpaired) electrons.